The van der Waals surface area contributed by atoms with Crippen molar-refractivity contribution in [1.29, 1.82) is 0 Å². The van der Waals surface area contributed by atoms with E-state index < -0.39 is 0 Å². The van der Waals surface area contributed by atoms with Gasteiger partial charge in [0.1, 0.15) is 0 Å². The second kappa shape index (κ2) is 6.17. The van der Waals surface area contributed by atoms with Crippen LogP contribution in [0, 0.1) is 13.8 Å². The summed E-state index contributed by atoms with van der Waals surface area (Å²) in [6.07, 6.45) is 0. The number of hydrogen-bond acceptors (Lipinski definition) is 0. The van der Waals surface area contributed by atoms with Crippen LogP contribution in [-0.4, -0.2) is 0 Å². The molecule has 0 saturated heterocycles. The Bertz CT molecular complexity index is 624. The lowest BCUT2D eigenvalue weighted by atomic mass is 9.99. The quantitative estimate of drug-likeness (QED) is 0.466. The topological polar surface area (TPSA) is 0 Å². The molecule has 0 saturated carbocycles. The molecule has 1 unspecified atom stereocenters. The molecular formula is C15H12Br2Cl2. The molecule has 0 radical (unpaired) electrons. The van der Waals surface area contributed by atoms with Crippen molar-refractivity contribution in [2.75, 3.05) is 0 Å². The zero-order valence-corrected chi connectivity index (χ0v) is 15.2. The molecule has 0 fully saturated rings. The molecule has 100 valence electrons. The maximum absolute atomic E-state index is 6.63. The van der Waals surface area contributed by atoms with Crippen molar-refractivity contribution in [2.24, 2.45) is 0 Å². The van der Waals surface area contributed by atoms with Crippen molar-refractivity contribution in [3.05, 3.63) is 66.6 Å². The highest BCUT2D eigenvalue weighted by Gasteiger charge is 2.18. The molecule has 1 atom stereocenters. The van der Waals surface area contributed by atoms with E-state index in [0.29, 0.717) is 0 Å². The van der Waals surface area contributed by atoms with Crippen LogP contribution in [0.3, 0.4) is 0 Å². The summed E-state index contributed by atoms with van der Waals surface area (Å²) in [4.78, 5) is 0. The van der Waals surface area contributed by atoms with Crippen molar-refractivity contribution in [2.45, 2.75) is 19.2 Å². The highest BCUT2D eigenvalue weighted by Crippen LogP contribution is 2.39. The minimum Gasteiger partial charge on any atom is -0.113 e. The van der Waals surface area contributed by atoms with E-state index in [0.717, 1.165) is 30.7 Å². The molecule has 0 amide bonds. The smallest absolute Gasteiger partial charge is 0.0849 e. The van der Waals surface area contributed by atoms with Gasteiger partial charge in [0, 0.05) is 14.0 Å². The fraction of sp³-hybridized carbons (Fsp3) is 0.200. The largest absolute Gasteiger partial charge is 0.113 e. The predicted molar refractivity (Wildman–Crippen MR) is 90.5 cm³/mol. The van der Waals surface area contributed by atoms with Gasteiger partial charge in [-0.1, -0.05) is 55.6 Å². The molecular weight excluding hydrogens is 411 g/mol. The van der Waals surface area contributed by atoms with Gasteiger partial charge in [0.25, 0.3) is 0 Å². The van der Waals surface area contributed by atoms with Gasteiger partial charge in [-0.15, -0.1) is 11.6 Å². The van der Waals surface area contributed by atoms with Crippen LogP contribution in [0.1, 0.15) is 27.6 Å². The van der Waals surface area contributed by atoms with Gasteiger partial charge in [0.2, 0.25) is 0 Å². The lowest BCUT2D eigenvalue weighted by molar-refractivity contribution is 1.09. The Hall–Kier alpha value is -0.0200. The van der Waals surface area contributed by atoms with Crippen LogP contribution < -0.4 is 0 Å². The number of aryl methyl sites for hydroxylation is 1. The van der Waals surface area contributed by atoms with Crippen molar-refractivity contribution in [3.63, 3.8) is 0 Å². The SMILES string of the molecule is Cc1cc(Br)c(C(Cl)c2cccc(Cl)c2C)cc1Br. The van der Waals surface area contributed by atoms with E-state index in [4.69, 9.17) is 23.2 Å². The summed E-state index contributed by atoms with van der Waals surface area (Å²) in [6.45, 7) is 4.04. The Morgan fingerprint density at radius 3 is 2.37 bits per heavy atom. The summed E-state index contributed by atoms with van der Waals surface area (Å²) in [5, 5.41) is 0.510. The molecule has 0 aliphatic carbocycles. The number of hydrogen-bond donors (Lipinski definition) is 0. The van der Waals surface area contributed by atoms with Crippen LogP contribution >= 0.6 is 55.1 Å². The average Bonchev–Trinajstić information content (AvgIpc) is 2.36. The molecule has 2 aromatic rings. The van der Waals surface area contributed by atoms with E-state index in [1.54, 1.807) is 0 Å². The molecule has 0 nitrogen and oxygen atoms in total. The predicted octanol–water partition coefficient (Wildman–Crippen LogP) is 6.81. The van der Waals surface area contributed by atoms with Gasteiger partial charge in [-0.25, -0.2) is 0 Å². The summed E-state index contributed by atoms with van der Waals surface area (Å²) in [7, 11) is 0. The minimum atomic E-state index is -0.232. The molecule has 0 spiro atoms. The molecule has 19 heavy (non-hydrogen) atoms. The number of benzene rings is 2. The summed E-state index contributed by atoms with van der Waals surface area (Å²) >= 11 is 19.9. The molecule has 0 bridgehead atoms. The second-order valence-electron chi connectivity index (χ2n) is 4.44. The van der Waals surface area contributed by atoms with Gasteiger partial charge < -0.3 is 0 Å². The summed E-state index contributed by atoms with van der Waals surface area (Å²) in [6, 6.07) is 9.94. The fourth-order valence-electron chi connectivity index (χ4n) is 1.92. The fourth-order valence-corrected chi connectivity index (χ4v) is 3.70. The highest BCUT2D eigenvalue weighted by atomic mass is 79.9. The molecule has 2 aromatic carbocycles. The van der Waals surface area contributed by atoms with Crippen LogP contribution in [0.25, 0.3) is 0 Å². The third kappa shape index (κ3) is 3.18. The monoisotopic (exact) mass is 420 g/mol. The van der Waals surface area contributed by atoms with Crippen molar-refractivity contribution in [1.82, 2.24) is 0 Å². The van der Waals surface area contributed by atoms with Crippen LogP contribution in [0.4, 0.5) is 0 Å². The van der Waals surface area contributed by atoms with Crippen molar-refractivity contribution in [3.8, 4) is 0 Å². The first kappa shape index (κ1) is 15.4. The molecule has 0 aliphatic rings. The second-order valence-corrected chi connectivity index (χ2v) is 6.99. The maximum atomic E-state index is 6.63. The molecule has 0 N–H and O–H groups in total. The minimum absolute atomic E-state index is 0.232. The van der Waals surface area contributed by atoms with E-state index in [1.807, 2.05) is 32.0 Å². The Morgan fingerprint density at radius 1 is 1.00 bits per heavy atom. The molecule has 0 aliphatic heterocycles. The van der Waals surface area contributed by atoms with Crippen molar-refractivity contribution < 1.29 is 0 Å². The van der Waals surface area contributed by atoms with Crippen LogP contribution in [0.2, 0.25) is 5.02 Å². The first-order valence-corrected chi connectivity index (χ1v) is 8.16. The van der Waals surface area contributed by atoms with E-state index in [9.17, 15) is 0 Å². The third-order valence-electron chi connectivity index (χ3n) is 3.13. The summed E-state index contributed by atoms with van der Waals surface area (Å²) in [5.41, 5.74) is 4.25. The van der Waals surface area contributed by atoms with Crippen molar-refractivity contribution >= 4 is 55.1 Å². The molecule has 4 heteroatoms. The number of alkyl halides is 1. The number of halogens is 4. The zero-order valence-electron chi connectivity index (χ0n) is 10.5. The van der Waals surface area contributed by atoms with Gasteiger partial charge in [-0.05, 0) is 54.3 Å². The Labute approximate surface area is 140 Å². The Morgan fingerprint density at radius 2 is 1.68 bits per heavy atom. The molecule has 2 rings (SSSR count). The van der Waals surface area contributed by atoms with E-state index in [-0.39, 0.29) is 5.38 Å². The molecule has 0 aromatic heterocycles. The maximum Gasteiger partial charge on any atom is 0.0849 e. The number of rotatable bonds is 2. The third-order valence-corrected chi connectivity index (χ3v) is 5.55. The summed E-state index contributed by atoms with van der Waals surface area (Å²) in [5.74, 6) is 0. The Kier molecular flexibility index (Phi) is 4.99. The van der Waals surface area contributed by atoms with E-state index >= 15 is 0 Å². The van der Waals surface area contributed by atoms with Gasteiger partial charge in [-0.2, -0.15) is 0 Å². The molecule has 0 heterocycles. The standard InChI is InChI=1S/C15H12Br2Cl2/c1-8-6-13(17)11(7-12(8)16)15(19)10-4-3-5-14(18)9(10)2/h3-7,15H,1-2H3. The first-order valence-electron chi connectivity index (χ1n) is 5.76. The van der Waals surface area contributed by atoms with Gasteiger partial charge in [0.15, 0.2) is 0 Å². The summed E-state index contributed by atoms with van der Waals surface area (Å²) < 4.78 is 2.06. The lowest BCUT2D eigenvalue weighted by Crippen LogP contribution is -1.98. The average molecular weight is 423 g/mol. The van der Waals surface area contributed by atoms with Crippen LogP contribution in [-0.2, 0) is 0 Å². The highest BCUT2D eigenvalue weighted by molar-refractivity contribution is 9.11. The van der Waals surface area contributed by atoms with Crippen LogP contribution in [0.5, 0.6) is 0 Å². The normalized spacial score (nSPS) is 12.5. The Balaban J connectivity index is 2.53. The van der Waals surface area contributed by atoms with Gasteiger partial charge >= 0.3 is 0 Å². The van der Waals surface area contributed by atoms with Crippen LogP contribution in [0.15, 0.2) is 39.3 Å². The van der Waals surface area contributed by atoms with Gasteiger partial charge in [-0.3, -0.25) is 0 Å². The van der Waals surface area contributed by atoms with E-state index in [2.05, 4.69) is 44.0 Å². The lowest BCUT2D eigenvalue weighted by Gasteiger charge is -2.17. The first-order chi connectivity index (χ1) is 8.91. The zero-order chi connectivity index (χ0) is 14.2. The van der Waals surface area contributed by atoms with Gasteiger partial charge in [0.05, 0.1) is 5.38 Å². The van der Waals surface area contributed by atoms with E-state index in [1.165, 1.54) is 5.56 Å².